The molecule has 0 spiro atoms. The Kier molecular flexibility index (Phi) is 3.43. The Labute approximate surface area is 94.4 Å². The maximum Gasteiger partial charge on any atom is 0.165 e. The van der Waals surface area contributed by atoms with E-state index in [1.807, 2.05) is 0 Å². The number of halogens is 1. The molecule has 1 fully saturated rings. The van der Waals surface area contributed by atoms with Gasteiger partial charge in [0.1, 0.15) is 6.61 Å². The van der Waals surface area contributed by atoms with Gasteiger partial charge < -0.3 is 9.47 Å². The van der Waals surface area contributed by atoms with E-state index >= 15 is 0 Å². The number of rotatable bonds is 3. The van der Waals surface area contributed by atoms with Gasteiger partial charge in [0.2, 0.25) is 0 Å². The van der Waals surface area contributed by atoms with E-state index in [-0.39, 0.29) is 11.9 Å². The first-order chi connectivity index (χ1) is 7.79. The van der Waals surface area contributed by atoms with Crippen LogP contribution in [0.25, 0.3) is 0 Å². The van der Waals surface area contributed by atoms with Crippen LogP contribution in [0.2, 0.25) is 0 Å². The number of terminal acetylenes is 1. The molecule has 0 bridgehead atoms. The molecule has 0 aliphatic carbocycles. The van der Waals surface area contributed by atoms with Gasteiger partial charge in [-0.1, -0.05) is 5.92 Å². The second kappa shape index (κ2) is 5.00. The molecule has 2 rings (SSSR count). The summed E-state index contributed by atoms with van der Waals surface area (Å²) in [5.74, 6) is 2.25. The fourth-order valence-corrected chi connectivity index (χ4v) is 1.66. The van der Waals surface area contributed by atoms with Crippen LogP contribution in [0.4, 0.5) is 4.39 Å². The SMILES string of the molecule is C#Cc1ccc(F)c(OCC2CCCO2)c1. The second-order valence-electron chi connectivity index (χ2n) is 3.74. The molecule has 1 unspecified atom stereocenters. The third-order valence-electron chi connectivity index (χ3n) is 2.55. The Morgan fingerprint density at radius 3 is 3.12 bits per heavy atom. The zero-order valence-corrected chi connectivity index (χ0v) is 8.91. The molecule has 84 valence electrons. The van der Waals surface area contributed by atoms with Gasteiger partial charge in [-0.15, -0.1) is 6.42 Å². The van der Waals surface area contributed by atoms with Crippen LogP contribution in [-0.2, 0) is 4.74 Å². The summed E-state index contributed by atoms with van der Waals surface area (Å²) in [6.45, 7) is 1.14. The van der Waals surface area contributed by atoms with Crippen molar-refractivity contribution in [3.05, 3.63) is 29.6 Å². The lowest BCUT2D eigenvalue weighted by Crippen LogP contribution is -2.16. The molecular weight excluding hydrogens is 207 g/mol. The number of hydrogen-bond acceptors (Lipinski definition) is 2. The largest absolute Gasteiger partial charge is 0.488 e. The van der Waals surface area contributed by atoms with Gasteiger partial charge in [-0.05, 0) is 31.0 Å². The molecule has 0 aromatic heterocycles. The molecule has 0 N–H and O–H groups in total. The van der Waals surface area contributed by atoms with Crippen molar-refractivity contribution in [1.82, 2.24) is 0 Å². The first-order valence-electron chi connectivity index (χ1n) is 5.30. The highest BCUT2D eigenvalue weighted by atomic mass is 19.1. The Bertz CT molecular complexity index is 403. The third-order valence-corrected chi connectivity index (χ3v) is 2.55. The smallest absolute Gasteiger partial charge is 0.165 e. The lowest BCUT2D eigenvalue weighted by molar-refractivity contribution is 0.0665. The van der Waals surface area contributed by atoms with Crippen molar-refractivity contribution in [3.8, 4) is 18.1 Å². The number of benzene rings is 1. The average Bonchev–Trinajstić information content (AvgIpc) is 2.81. The second-order valence-corrected chi connectivity index (χ2v) is 3.74. The summed E-state index contributed by atoms with van der Waals surface area (Å²) in [5, 5.41) is 0. The lowest BCUT2D eigenvalue weighted by atomic mass is 10.2. The Morgan fingerprint density at radius 2 is 2.44 bits per heavy atom. The Hall–Kier alpha value is -1.53. The van der Waals surface area contributed by atoms with Gasteiger partial charge >= 0.3 is 0 Å². The van der Waals surface area contributed by atoms with E-state index in [4.69, 9.17) is 15.9 Å². The van der Waals surface area contributed by atoms with E-state index in [1.54, 1.807) is 6.07 Å². The molecule has 1 aromatic carbocycles. The fourth-order valence-electron chi connectivity index (χ4n) is 1.66. The van der Waals surface area contributed by atoms with Crippen molar-refractivity contribution in [2.24, 2.45) is 0 Å². The topological polar surface area (TPSA) is 18.5 Å². The van der Waals surface area contributed by atoms with Crippen molar-refractivity contribution in [3.63, 3.8) is 0 Å². The predicted octanol–water partition coefficient (Wildman–Crippen LogP) is 2.36. The molecule has 0 amide bonds. The Morgan fingerprint density at radius 1 is 1.56 bits per heavy atom. The zero-order chi connectivity index (χ0) is 11.4. The average molecular weight is 220 g/mol. The van der Waals surface area contributed by atoms with Crippen molar-refractivity contribution in [1.29, 1.82) is 0 Å². The van der Waals surface area contributed by atoms with Gasteiger partial charge in [-0.3, -0.25) is 0 Å². The minimum atomic E-state index is -0.392. The van der Waals surface area contributed by atoms with E-state index in [1.165, 1.54) is 12.1 Å². The standard InChI is InChI=1S/C13H13FO2/c1-2-10-5-6-12(14)13(8-10)16-9-11-4-3-7-15-11/h1,5-6,8,11H,3-4,7,9H2. The van der Waals surface area contributed by atoms with Crippen LogP contribution in [-0.4, -0.2) is 19.3 Å². The van der Waals surface area contributed by atoms with E-state index in [0.29, 0.717) is 12.2 Å². The van der Waals surface area contributed by atoms with Gasteiger partial charge in [0, 0.05) is 12.2 Å². The molecule has 1 saturated heterocycles. The summed E-state index contributed by atoms with van der Waals surface area (Å²) in [6, 6.07) is 4.40. The van der Waals surface area contributed by atoms with Gasteiger partial charge in [-0.2, -0.15) is 0 Å². The van der Waals surface area contributed by atoms with Crippen LogP contribution < -0.4 is 4.74 Å². The summed E-state index contributed by atoms with van der Waals surface area (Å²) in [7, 11) is 0. The monoisotopic (exact) mass is 220 g/mol. The van der Waals surface area contributed by atoms with Crippen molar-refractivity contribution in [2.75, 3.05) is 13.2 Å². The van der Waals surface area contributed by atoms with Crippen LogP contribution in [0, 0.1) is 18.2 Å². The summed E-state index contributed by atoms with van der Waals surface area (Å²) in [6.07, 6.45) is 7.32. The van der Waals surface area contributed by atoms with E-state index < -0.39 is 5.82 Å². The summed E-state index contributed by atoms with van der Waals surface area (Å²) in [4.78, 5) is 0. The molecule has 16 heavy (non-hydrogen) atoms. The summed E-state index contributed by atoms with van der Waals surface area (Å²) in [5.41, 5.74) is 0.615. The van der Waals surface area contributed by atoms with Crippen LogP contribution in [0.15, 0.2) is 18.2 Å². The molecule has 0 saturated carbocycles. The third kappa shape index (κ3) is 2.53. The minimum Gasteiger partial charge on any atom is -0.488 e. The summed E-state index contributed by atoms with van der Waals surface area (Å²) < 4.78 is 24.1. The molecule has 1 heterocycles. The highest BCUT2D eigenvalue weighted by Crippen LogP contribution is 2.20. The van der Waals surface area contributed by atoms with Crippen LogP contribution in [0.3, 0.4) is 0 Å². The van der Waals surface area contributed by atoms with E-state index in [2.05, 4.69) is 5.92 Å². The molecule has 1 aliphatic rings. The van der Waals surface area contributed by atoms with E-state index in [0.717, 1.165) is 19.4 Å². The van der Waals surface area contributed by atoms with Gasteiger partial charge in [0.25, 0.3) is 0 Å². The molecule has 3 heteroatoms. The maximum atomic E-state index is 13.3. The molecule has 0 radical (unpaired) electrons. The number of hydrogen-bond donors (Lipinski definition) is 0. The van der Waals surface area contributed by atoms with Gasteiger partial charge in [0.05, 0.1) is 6.10 Å². The molecular formula is C13H13FO2. The lowest BCUT2D eigenvalue weighted by Gasteiger charge is -2.12. The van der Waals surface area contributed by atoms with Crippen molar-refractivity contribution in [2.45, 2.75) is 18.9 Å². The predicted molar refractivity (Wildman–Crippen MR) is 58.8 cm³/mol. The molecule has 2 nitrogen and oxygen atoms in total. The van der Waals surface area contributed by atoms with Gasteiger partial charge in [0.15, 0.2) is 11.6 Å². The molecule has 1 atom stereocenters. The van der Waals surface area contributed by atoms with E-state index in [9.17, 15) is 4.39 Å². The summed E-state index contributed by atoms with van der Waals surface area (Å²) >= 11 is 0. The van der Waals surface area contributed by atoms with Crippen LogP contribution in [0.5, 0.6) is 5.75 Å². The van der Waals surface area contributed by atoms with Crippen molar-refractivity contribution < 1.29 is 13.9 Å². The fraction of sp³-hybridized carbons (Fsp3) is 0.385. The van der Waals surface area contributed by atoms with Crippen molar-refractivity contribution >= 4 is 0 Å². The number of ether oxygens (including phenoxy) is 2. The highest BCUT2D eigenvalue weighted by molar-refractivity contribution is 5.39. The van der Waals surface area contributed by atoms with Gasteiger partial charge in [-0.25, -0.2) is 4.39 Å². The quantitative estimate of drug-likeness (QED) is 0.728. The molecule has 1 aromatic rings. The maximum absolute atomic E-state index is 13.3. The zero-order valence-electron chi connectivity index (χ0n) is 8.91. The normalized spacial score (nSPS) is 19.4. The highest BCUT2D eigenvalue weighted by Gasteiger charge is 2.16. The Balaban J connectivity index is 2.00. The molecule has 1 aliphatic heterocycles. The van der Waals surface area contributed by atoms with Crippen LogP contribution in [0.1, 0.15) is 18.4 Å². The van der Waals surface area contributed by atoms with Crippen LogP contribution >= 0.6 is 0 Å². The first-order valence-corrected chi connectivity index (χ1v) is 5.30. The minimum absolute atomic E-state index is 0.0777. The first kappa shape index (κ1) is 11.0.